The number of nitro groups is 1. The molecule has 0 bridgehead atoms. The van der Waals surface area contributed by atoms with Gasteiger partial charge < -0.3 is 20.1 Å². The van der Waals surface area contributed by atoms with Gasteiger partial charge in [0.05, 0.1) is 16.0 Å². The Balaban J connectivity index is 1.53. The Kier molecular flexibility index (Phi) is 9.35. The number of non-ortho nitro benzene ring substituents is 1. The molecule has 0 unspecified atom stereocenters. The third-order valence-electron chi connectivity index (χ3n) is 4.74. The van der Waals surface area contributed by atoms with Gasteiger partial charge >= 0.3 is 0 Å². The lowest BCUT2D eigenvalue weighted by molar-refractivity contribution is -0.384. The van der Waals surface area contributed by atoms with Gasteiger partial charge in [0.1, 0.15) is 6.61 Å². The number of nitrogens with zero attached hydrogens (tertiary/aromatic N) is 1. The zero-order valence-corrected chi connectivity index (χ0v) is 20.5. The molecule has 33 heavy (non-hydrogen) atoms. The minimum absolute atomic E-state index is 0.0775. The second-order valence-corrected chi connectivity index (χ2v) is 8.39. The highest BCUT2D eigenvalue weighted by Crippen LogP contribution is 2.37. The number of anilines is 1. The smallest absolute Gasteiger partial charge is 0.269 e. The number of hydrogen-bond acceptors (Lipinski definition) is 6. The summed E-state index contributed by atoms with van der Waals surface area (Å²) in [7, 11) is 0. The van der Waals surface area contributed by atoms with Crippen LogP contribution in [0.3, 0.4) is 0 Å². The average Bonchev–Trinajstić information content (AvgIpc) is 2.80. The lowest BCUT2D eigenvalue weighted by atomic mass is 10.2. The van der Waals surface area contributed by atoms with E-state index < -0.39 is 4.92 Å². The standard InChI is InChI=1S/C24H25BrClN3O4/c1-2-32-23-14-17(13-21(25)24(23)33-16-18-5-3-4-6-22(18)26)15-27-11-12-28-19-7-9-20(10-8-19)29(30)31/h3-10,13-14,27-28H,2,11-12,15-16H2,1H3. The molecule has 2 N–H and O–H groups in total. The summed E-state index contributed by atoms with van der Waals surface area (Å²) < 4.78 is 12.6. The maximum atomic E-state index is 10.7. The van der Waals surface area contributed by atoms with Crippen molar-refractivity contribution >= 4 is 38.9 Å². The molecule has 7 nitrogen and oxygen atoms in total. The van der Waals surface area contributed by atoms with Crippen LogP contribution in [0.25, 0.3) is 0 Å². The zero-order chi connectivity index (χ0) is 23.6. The van der Waals surface area contributed by atoms with E-state index in [1.54, 1.807) is 12.1 Å². The molecule has 0 aliphatic carbocycles. The fraction of sp³-hybridized carbons (Fsp3) is 0.250. The first-order chi connectivity index (χ1) is 16.0. The number of nitro benzene ring substituents is 1. The Morgan fingerprint density at radius 3 is 2.52 bits per heavy atom. The van der Waals surface area contributed by atoms with Gasteiger partial charge in [0.2, 0.25) is 0 Å². The normalized spacial score (nSPS) is 10.6. The quantitative estimate of drug-likeness (QED) is 0.164. The summed E-state index contributed by atoms with van der Waals surface area (Å²) in [6.07, 6.45) is 0. The van der Waals surface area contributed by atoms with E-state index in [0.717, 1.165) is 21.3 Å². The molecule has 3 rings (SSSR count). The molecule has 174 valence electrons. The predicted molar refractivity (Wildman–Crippen MR) is 134 cm³/mol. The molecule has 0 saturated heterocycles. The van der Waals surface area contributed by atoms with Crippen molar-refractivity contribution in [3.8, 4) is 11.5 Å². The summed E-state index contributed by atoms with van der Waals surface area (Å²) >= 11 is 9.84. The highest BCUT2D eigenvalue weighted by Gasteiger charge is 2.13. The van der Waals surface area contributed by atoms with Gasteiger partial charge in [0.25, 0.3) is 5.69 Å². The minimum Gasteiger partial charge on any atom is -0.490 e. The lowest BCUT2D eigenvalue weighted by Crippen LogP contribution is -2.21. The Labute approximate surface area is 206 Å². The van der Waals surface area contributed by atoms with E-state index in [0.29, 0.717) is 49.4 Å². The van der Waals surface area contributed by atoms with Gasteiger partial charge in [-0.15, -0.1) is 0 Å². The van der Waals surface area contributed by atoms with Crippen molar-refractivity contribution < 1.29 is 14.4 Å². The van der Waals surface area contributed by atoms with Crippen molar-refractivity contribution in [3.63, 3.8) is 0 Å². The predicted octanol–water partition coefficient (Wildman–Crippen LogP) is 6.19. The Bertz CT molecular complexity index is 1080. The Morgan fingerprint density at radius 1 is 1.06 bits per heavy atom. The van der Waals surface area contributed by atoms with Crippen LogP contribution in [-0.2, 0) is 13.2 Å². The number of benzene rings is 3. The van der Waals surface area contributed by atoms with Crippen LogP contribution >= 0.6 is 27.5 Å². The van der Waals surface area contributed by atoms with E-state index in [4.69, 9.17) is 21.1 Å². The third kappa shape index (κ3) is 7.35. The van der Waals surface area contributed by atoms with E-state index in [1.807, 2.05) is 43.3 Å². The molecule has 0 aliphatic rings. The van der Waals surface area contributed by atoms with E-state index in [-0.39, 0.29) is 5.69 Å². The Hall–Kier alpha value is -2.81. The molecule has 0 radical (unpaired) electrons. The average molecular weight is 535 g/mol. The van der Waals surface area contributed by atoms with Gasteiger partial charge in [0, 0.05) is 48.0 Å². The molecule has 0 aliphatic heterocycles. The van der Waals surface area contributed by atoms with Crippen LogP contribution in [-0.4, -0.2) is 24.6 Å². The summed E-state index contributed by atoms with van der Waals surface area (Å²) in [5.41, 5.74) is 2.86. The number of hydrogen-bond donors (Lipinski definition) is 2. The molecule has 0 spiro atoms. The molecular weight excluding hydrogens is 510 g/mol. The summed E-state index contributed by atoms with van der Waals surface area (Å²) in [5, 5.41) is 18.0. The number of rotatable bonds is 12. The van der Waals surface area contributed by atoms with Crippen molar-refractivity contribution in [1.82, 2.24) is 5.32 Å². The molecule has 3 aromatic carbocycles. The van der Waals surface area contributed by atoms with Crippen molar-refractivity contribution in [1.29, 1.82) is 0 Å². The first-order valence-electron chi connectivity index (χ1n) is 10.5. The van der Waals surface area contributed by atoms with Crippen molar-refractivity contribution in [3.05, 3.63) is 91.4 Å². The number of ether oxygens (including phenoxy) is 2. The van der Waals surface area contributed by atoms with Gasteiger partial charge in [-0.3, -0.25) is 10.1 Å². The van der Waals surface area contributed by atoms with Crippen LogP contribution < -0.4 is 20.1 Å². The SMILES string of the molecule is CCOc1cc(CNCCNc2ccc([N+](=O)[O-])cc2)cc(Br)c1OCc1ccccc1Cl. The van der Waals surface area contributed by atoms with Crippen LogP contribution in [0.5, 0.6) is 11.5 Å². The second-order valence-electron chi connectivity index (χ2n) is 7.13. The fourth-order valence-corrected chi connectivity index (χ4v) is 3.91. The number of nitrogens with one attached hydrogen (secondary N) is 2. The van der Waals surface area contributed by atoms with Gasteiger partial charge in [0.15, 0.2) is 11.5 Å². The van der Waals surface area contributed by atoms with Gasteiger partial charge in [-0.2, -0.15) is 0 Å². The minimum atomic E-state index is -0.410. The van der Waals surface area contributed by atoms with Gasteiger partial charge in [-0.25, -0.2) is 0 Å². The molecule has 0 fully saturated rings. The van der Waals surface area contributed by atoms with Crippen molar-refractivity contribution in [2.45, 2.75) is 20.1 Å². The largest absolute Gasteiger partial charge is 0.490 e. The third-order valence-corrected chi connectivity index (χ3v) is 5.69. The monoisotopic (exact) mass is 533 g/mol. The van der Waals surface area contributed by atoms with Gasteiger partial charge in [-0.1, -0.05) is 29.8 Å². The molecule has 0 saturated carbocycles. The first kappa shape index (κ1) is 24.8. The second kappa shape index (κ2) is 12.4. The van der Waals surface area contributed by atoms with Crippen LogP contribution in [0.15, 0.2) is 65.1 Å². The molecular formula is C24H25BrClN3O4. The molecule has 3 aromatic rings. The summed E-state index contributed by atoms with van der Waals surface area (Å²) in [6, 6.07) is 17.9. The molecule has 0 heterocycles. The van der Waals surface area contributed by atoms with Gasteiger partial charge in [-0.05, 0) is 58.7 Å². The lowest BCUT2D eigenvalue weighted by Gasteiger charge is -2.16. The fourth-order valence-electron chi connectivity index (χ4n) is 3.12. The van der Waals surface area contributed by atoms with Crippen molar-refractivity contribution in [2.75, 3.05) is 25.0 Å². The topological polar surface area (TPSA) is 85.7 Å². The zero-order valence-electron chi connectivity index (χ0n) is 18.1. The Morgan fingerprint density at radius 2 is 1.82 bits per heavy atom. The first-order valence-corrected chi connectivity index (χ1v) is 11.7. The molecule has 0 aromatic heterocycles. The van der Waals surface area contributed by atoms with E-state index in [1.165, 1.54) is 12.1 Å². The molecule has 0 atom stereocenters. The number of halogens is 2. The van der Waals surface area contributed by atoms with Crippen LogP contribution in [0.2, 0.25) is 5.02 Å². The summed E-state index contributed by atoms with van der Waals surface area (Å²) in [6.45, 7) is 4.82. The summed E-state index contributed by atoms with van der Waals surface area (Å²) in [4.78, 5) is 10.3. The van der Waals surface area contributed by atoms with E-state index in [9.17, 15) is 10.1 Å². The highest BCUT2D eigenvalue weighted by molar-refractivity contribution is 9.10. The van der Waals surface area contributed by atoms with Crippen LogP contribution in [0.4, 0.5) is 11.4 Å². The summed E-state index contributed by atoms with van der Waals surface area (Å²) in [5.74, 6) is 1.31. The molecule has 9 heteroatoms. The van der Waals surface area contributed by atoms with Crippen molar-refractivity contribution in [2.24, 2.45) is 0 Å². The maximum Gasteiger partial charge on any atom is 0.269 e. The van der Waals surface area contributed by atoms with Crippen LogP contribution in [0.1, 0.15) is 18.1 Å². The van der Waals surface area contributed by atoms with Crippen LogP contribution in [0, 0.1) is 10.1 Å². The van der Waals surface area contributed by atoms with E-state index >= 15 is 0 Å². The van der Waals surface area contributed by atoms with E-state index in [2.05, 4.69) is 26.6 Å². The maximum absolute atomic E-state index is 10.7. The molecule has 0 amide bonds. The highest BCUT2D eigenvalue weighted by atomic mass is 79.9.